The molecule has 0 bridgehead atoms. The van der Waals surface area contributed by atoms with Crippen LogP contribution in [0.3, 0.4) is 0 Å². The highest BCUT2D eigenvalue weighted by Crippen LogP contribution is 2.61. The number of benzene rings is 1. The second-order valence-electron chi connectivity index (χ2n) is 4.95. The summed E-state index contributed by atoms with van der Waals surface area (Å²) in [6.45, 7) is 0. The normalized spacial score (nSPS) is 25.2. The van der Waals surface area contributed by atoms with Crippen molar-refractivity contribution >= 4 is 0 Å². The van der Waals surface area contributed by atoms with E-state index in [4.69, 9.17) is 9.68 Å². The van der Waals surface area contributed by atoms with Crippen LogP contribution in [0.15, 0.2) is 48.7 Å². The number of nitrogens with zero attached hydrogens (tertiary/aromatic N) is 2. The Morgan fingerprint density at radius 2 is 1.74 bits per heavy atom. The van der Waals surface area contributed by atoms with Gasteiger partial charge in [0.25, 0.3) is 0 Å². The minimum atomic E-state index is 0.168. The molecule has 2 aliphatic heterocycles. The number of aromatic nitrogens is 1. The van der Waals surface area contributed by atoms with E-state index in [9.17, 15) is 0 Å². The first kappa shape index (κ1) is 11.1. The number of hydroxylamine groups is 4. The van der Waals surface area contributed by atoms with Gasteiger partial charge in [-0.3, -0.25) is 0 Å². The van der Waals surface area contributed by atoms with E-state index < -0.39 is 0 Å². The van der Waals surface area contributed by atoms with Gasteiger partial charge in [0.05, 0.1) is 19.8 Å². The highest BCUT2D eigenvalue weighted by atomic mass is 17.0. The molecule has 4 heteroatoms. The topological polar surface area (TPSA) is 22.3 Å². The average molecular weight is 256 g/mol. The Bertz CT molecular complexity index is 599. The van der Waals surface area contributed by atoms with Crippen molar-refractivity contribution in [1.29, 1.82) is 0 Å². The van der Waals surface area contributed by atoms with Crippen LogP contribution >= 0.6 is 0 Å². The van der Waals surface area contributed by atoms with E-state index in [2.05, 4.69) is 47.2 Å². The number of fused-ring (bicyclic) bond motifs is 6. The highest BCUT2D eigenvalue weighted by molar-refractivity contribution is 5.63. The van der Waals surface area contributed by atoms with Gasteiger partial charge in [0.1, 0.15) is 0 Å². The van der Waals surface area contributed by atoms with E-state index in [-0.39, 0.29) is 17.0 Å². The largest absolute Gasteiger partial charge is 0.409 e. The fourth-order valence-electron chi connectivity index (χ4n) is 3.39. The van der Waals surface area contributed by atoms with Crippen LogP contribution in [0, 0.1) is 0 Å². The summed E-state index contributed by atoms with van der Waals surface area (Å²) in [7, 11) is 3.40. The Morgan fingerprint density at radius 3 is 2.53 bits per heavy atom. The maximum atomic E-state index is 5.65. The summed E-state index contributed by atoms with van der Waals surface area (Å²) in [4.78, 5) is 11.5. The molecule has 0 spiro atoms. The molecule has 2 aromatic rings. The first-order valence-electron chi connectivity index (χ1n) is 6.43. The number of hydrogen-bond acceptors (Lipinski definition) is 2. The summed E-state index contributed by atoms with van der Waals surface area (Å²) in [5.74, 6) is 0. The first-order valence-corrected chi connectivity index (χ1v) is 6.43. The molecule has 0 aliphatic carbocycles. The molecule has 0 amide bonds. The van der Waals surface area contributed by atoms with Crippen molar-refractivity contribution in [2.75, 3.05) is 14.2 Å². The zero-order chi connectivity index (χ0) is 13.0. The molecule has 1 aromatic carbocycles. The zero-order valence-electron chi connectivity index (χ0n) is 11.0. The molecular formula is C15H16N2O2+2. The van der Waals surface area contributed by atoms with Crippen LogP contribution in [-0.2, 0) is 9.68 Å². The molecule has 4 rings (SSSR count). The molecule has 1 fully saturated rings. The van der Waals surface area contributed by atoms with Gasteiger partial charge in [0.2, 0.25) is 5.69 Å². The minimum Gasteiger partial charge on any atom is -0.164 e. The summed E-state index contributed by atoms with van der Waals surface area (Å²) < 4.78 is 2.25. The predicted octanol–water partition coefficient (Wildman–Crippen LogP) is 2.15. The van der Waals surface area contributed by atoms with Gasteiger partial charge in [-0.05, 0) is 12.1 Å². The second kappa shape index (κ2) is 3.63. The summed E-state index contributed by atoms with van der Waals surface area (Å²) >= 11 is 0. The lowest BCUT2D eigenvalue weighted by Crippen LogP contribution is -2.42. The van der Waals surface area contributed by atoms with Crippen LogP contribution in [0.2, 0.25) is 0 Å². The fraction of sp³-hybridized carbons (Fsp3) is 0.267. The van der Waals surface area contributed by atoms with E-state index >= 15 is 0 Å². The third-order valence-corrected chi connectivity index (χ3v) is 4.25. The van der Waals surface area contributed by atoms with Crippen LogP contribution in [0.4, 0.5) is 0 Å². The summed E-state index contributed by atoms with van der Waals surface area (Å²) in [6, 6.07) is 15.0. The third-order valence-electron chi connectivity index (χ3n) is 4.25. The van der Waals surface area contributed by atoms with E-state index in [0.29, 0.717) is 0 Å². The maximum Gasteiger partial charge on any atom is 0.409 e. The molecule has 19 heavy (non-hydrogen) atoms. The van der Waals surface area contributed by atoms with Gasteiger partial charge in [0.15, 0.2) is 6.20 Å². The molecular weight excluding hydrogens is 240 g/mol. The lowest BCUT2D eigenvalue weighted by Gasteiger charge is -2.07. The Hall–Kier alpha value is -1.75. The number of hydrogen-bond donors (Lipinski definition) is 0. The number of rotatable bonds is 2. The van der Waals surface area contributed by atoms with Crippen LogP contribution in [-0.4, -0.2) is 19.0 Å². The first-order chi connectivity index (χ1) is 9.33. The van der Waals surface area contributed by atoms with Crippen molar-refractivity contribution in [1.82, 2.24) is 0 Å². The van der Waals surface area contributed by atoms with Crippen LogP contribution in [0.1, 0.15) is 17.8 Å². The molecule has 2 atom stereocenters. The van der Waals surface area contributed by atoms with Crippen molar-refractivity contribution in [3.05, 3.63) is 54.2 Å². The smallest absolute Gasteiger partial charge is 0.164 e. The molecule has 1 saturated heterocycles. The van der Waals surface area contributed by atoms with Gasteiger partial charge in [-0.15, -0.1) is 4.57 Å². The Balaban J connectivity index is 2.01. The minimum absolute atomic E-state index is 0.168. The van der Waals surface area contributed by atoms with Crippen molar-refractivity contribution in [3.63, 3.8) is 0 Å². The van der Waals surface area contributed by atoms with Gasteiger partial charge in [-0.2, -0.15) is 9.68 Å². The van der Waals surface area contributed by atoms with Crippen molar-refractivity contribution in [2.24, 2.45) is 0 Å². The molecule has 0 saturated carbocycles. The quantitative estimate of drug-likeness (QED) is 0.466. The number of quaternary nitrogens is 1. The molecule has 2 unspecified atom stereocenters. The SMILES string of the molecule is CO[N+]1(OC)C2c3ccccc3-c3cccc[n+]3C21. The molecule has 0 radical (unpaired) electrons. The lowest BCUT2D eigenvalue weighted by molar-refractivity contribution is -1.21. The number of pyridine rings is 1. The predicted molar refractivity (Wildman–Crippen MR) is 68.1 cm³/mol. The Morgan fingerprint density at radius 1 is 1.00 bits per heavy atom. The second-order valence-corrected chi connectivity index (χ2v) is 4.95. The summed E-state index contributed by atoms with van der Waals surface area (Å²) in [5.41, 5.74) is 3.77. The van der Waals surface area contributed by atoms with Gasteiger partial charge in [0, 0.05) is 22.5 Å². The Kier molecular flexibility index (Phi) is 2.12. The molecule has 96 valence electrons. The fourth-order valence-corrected chi connectivity index (χ4v) is 3.39. The summed E-state index contributed by atoms with van der Waals surface area (Å²) in [5, 5.41) is 0. The monoisotopic (exact) mass is 256 g/mol. The van der Waals surface area contributed by atoms with E-state index in [1.54, 1.807) is 14.2 Å². The lowest BCUT2D eigenvalue weighted by atomic mass is 9.97. The maximum absolute atomic E-state index is 5.65. The third kappa shape index (κ3) is 1.21. The van der Waals surface area contributed by atoms with Crippen LogP contribution in [0.25, 0.3) is 11.3 Å². The van der Waals surface area contributed by atoms with Crippen LogP contribution < -0.4 is 4.57 Å². The average Bonchev–Trinajstić information content (AvgIpc) is 3.18. The zero-order valence-corrected chi connectivity index (χ0v) is 11.0. The van der Waals surface area contributed by atoms with E-state index in [1.807, 2.05) is 6.07 Å². The summed E-state index contributed by atoms with van der Waals surface area (Å²) in [6.07, 6.45) is 2.27. The van der Waals surface area contributed by atoms with Crippen molar-refractivity contribution < 1.29 is 19.1 Å². The van der Waals surface area contributed by atoms with Gasteiger partial charge in [-0.1, -0.05) is 18.2 Å². The van der Waals surface area contributed by atoms with Crippen molar-refractivity contribution in [3.8, 4) is 11.3 Å². The standard InChI is InChI=1S/C15H16N2O2/c1-18-17(19-2)14-12-8-4-3-7-11(12)13-9-5-6-10-16(13)15(14)17/h3-10,14-15H,1-2H3/q+2. The van der Waals surface area contributed by atoms with Gasteiger partial charge >= 0.3 is 12.2 Å². The van der Waals surface area contributed by atoms with Crippen LogP contribution in [0.5, 0.6) is 0 Å². The molecule has 1 aromatic heterocycles. The Labute approximate surface area is 111 Å². The molecule has 4 nitrogen and oxygen atoms in total. The van der Waals surface area contributed by atoms with Gasteiger partial charge in [-0.25, -0.2) is 0 Å². The van der Waals surface area contributed by atoms with E-state index in [1.165, 1.54) is 16.8 Å². The van der Waals surface area contributed by atoms with Crippen molar-refractivity contribution in [2.45, 2.75) is 12.2 Å². The molecule has 3 heterocycles. The molecule has 2 aliphatic rings. The van der Waals surface area contributed by atoms with Gasteiger partial charge < -0.3 is 0 Å². The molecule has 0 N–H and O–H groups in total. The highest BCUT2D eigenvalue weighted by Gasteiger charge is 2.83. The van der Waals surface area contributed by atoms with E-state index in [0.717, 1.165) is 0 Å².